The Bertz CT molecular complexity index is 250. The second-order valence-electron chi connectivity index (χ2n) is 5.15. The van der Waals surface area contributed by atoms with Crippen molar-refractivity contribution < 1.29 is 14.7 Å². The van der Waals surface area contributed by atoms with E-state index in [9.17, 15) is 9.59 Å². The van der Waals surface area contributed by atoms with Crippen molar-refractivity contribution in [1.29, 1.82) is 0 Å². The maximum atomic E-state index is 11.5. The third-order valence-corrected chi connectivity index (χ3v) is 3.07. The SMILES string of the molecule is CC(C)(C)C1CCCC(=O)C1C(=O)O. The zero-order valence-corrected chi connectivity index (χ0v) is 9.04. The lowest BCUT2D eigenvalue weighted by molar-refractivity contribution is -0.152. The molecule has 80 valence electrons. The van der Waals surface area contributed by atoms with Gasteiger partial charge in [0.1, 0.15) is 11.7 Å². The van der Waals surface area contributed by atoms with Crippen LogP contribution >= 0.6 is 0 Å². The number of ketones is 1. The van der Waals surface area contributed by atoms with Gasteiger partial charge in [-0.15, -0.1) is 0 Å². The number of carboxylic acids is 1. The minimum absolute atomic E-state index is 0.0127. The standard InChI is InChI=1S/C11H18O3/c1-11(2,3)7-5-4-6-8(12)9(7)10(13)14/h7,9H,4-6H2,1-3H3,(H,13,14). The van der Waals surface area contributed by atoms with Gasteiger partial charge in [0.15, 0.2) is 0 Å². The normalized spacial score (nSPS) is 28.9. The highest BCUT2D eigenvalue weighted by atomic mass is 16.4. The number of aliphatic carboxylic acids is 1. The van der Waals surface area contributed by atoms with Crippen LogP contribution in [0.25, 0.3) is 0 Å². The summed E-state index contributed by atoms with van der Waals surface area (Å²) in [6, 6.07) is 0. The van der Waals surface area contributed by atoms with Gasteiger partial charge in [0.2, 0.25) is 0 Å². The van der Waals surface area contributed by atoms with Crippen molar-refractivity contribution in [3.63, 3.8) is 0 Å². The van der Waals surface area contributed by atoms with Crippen molar-refractivity contribution in [1.82, 2.24) is 0 Å². The molecule has 1 saturated carbocycles. The molecule has 3 nitrogen and oxygen atoms in total. The summed E-state index contributed by atoms with van der Waals surface area (Å²) < 4.78 is 0. The van der Waals surface area contributed by atoms with Crippen molar-refractivity contribution in [3.8, 4) is 0 Å². The maximum absolute atomic E-state index is 11.5. The zero-order chi connectivity index (χ0) is 10.9. The Morgan fingerprint density at radius 3 is 2.36 bits per heavy atom. The van der Waals surface area contributed by atoms with E-state index in [4.69, 9.17) is 5.11 Å². The van der Waals surface area contributed by atoms with E-state index in [-0.39, 0.29) is 17.1 Å². The van der Waals surface area contributed by atoms with Crippen molar-refractivity contribution in [2.45, 2.75) is 40.0 Å². The number of Topliss-reactive ketones (excluding diaryl/α,β-unsaturated/α-hetero) is 1. The summed E-state index contributed by atoms with van der Waals surface area (Å²) in [4.78, 5) is 22.5. The minimum Gasteiger partial charge on any atom is -0.481 e. The quantitative estimate of drug-likeness (QED) is 0.656. The molecule has 0 aliphatic heterocycles. The van der Waals surface area contributed by atoms with Gasteiger partial charge in [-0.05, 0) is 24.2 Å². The van der Waals surface area contributed by atoms with Gasteiger partial charge in [0, 0.05) is 6.42 Å². The van der Waals surface area contributed by atoms with Crippen LogP contribution in [0.3, 0.4) is 0 Å². The molecule has 0 amide bonds. The second-order valence-corrected chi connectivity index (χ2v) is 5.15. The van der Waals surface area contributed by atoms with E-state index in [2.05, 4.69) is 0 Å². The zero-order valence-electron chi connectivity index (χ0n) is 9.04. The van der Waals surface area contributed by atoms with Gasteiger partial charge < -0.3 is 5.11 Å². The Hall–Kier alpha value is -0.860. The summed E-state index contributed by atoms with van der Waals surface area (Å²) in [5.41, 5.74) is -0.0981. The van der Waals surface area contributed by atoms with E-state index in [0.717, 1.165) is 12.8 Å². The van der Waals surface area contributed by atoms with Gasteiger partial charge in [-0.3, -0.25) is 9.59 Å². The maximum Gasteiger partial charge on any atom is 0.314 e. The molecule has 1 fully saturated rings. The first-order valence-corrected chi connectivity index (χ1v) is 5.09. The first-order valence-electron chi connectivity index (χ1n) is 5.09. The monoisotopic (exact) mass is 198 g/mol. The summed E-state index contributed by atoms with van der Waals surface area (Å²) in [7, 11) is 0. The average Bonchev–Trinajstić information content (AvgIpc) is 2.01. The molecule has 1 rings (SSSR count). The third-order valence-electron chi connectivity index (χ3n) is 3.07. The smallest absolute Gasteiger partial charge is 0.314 e. The molecule has 0 aromatic rings. The molecular weight excluding hydrogens is 180 g/mol. The summed E-state index contributed by atoms with van der Waals surface area (Å²) in [5, 5.41) is 9.02. The van der Waals surface area contributed by atoms with E-state index in [0.29, 0.717) is 6.42 Å². The Morgan fingerprint density at radius 2 is 2.00 bits per heavy atom. The molecular formula is C11H18O3. The molecule has 1 N–H and O–H groups in total. The molecule has 0 aromatic heterocycles. The lowest BCUT2D eigenvalue weighted by Crippen LogP contribution is -2.41. The third kappa shape index (κ3) is 2.14. The Morgan fingerprint density at radius 1 is 1.43 bits per heavy atom. The molecule has 2 unspecified atom stereocenters. The van der Waals surface area contributed by atoms with Gasteiger partial charge in [-0.2, -0.15) is 0 Å². The van der Waals surface area contributed by atoms with Crippen LogP contribution in [0.15, 0.2) is 0 Å². The van der Waals surface area contributed by atoms with Crippen LogP contribution in [0.4, 0.5) is 0 Å². The predicted octanol–water partition coefficient (Wildman–Crippen LogP) is 2.10. The molecule has 0 spiro atoms. The lowest BCUT2D eigenvalue weighted by Gasteiger charge is -2.37. The molecule has 0 aromatic carbocycles. The van der Waals surface area contributed by atoms with E-state index in [1.807, 2.05) is 20.8 Å². The fourth-order valence-electron chi connectivity index (χ4n) is 2.29. The van der Waals surface area contributed by atoms with Crippen molar-refractivity contribution in [2.24, 2.45) is 17.3 Å². The number of carboxylic acid groups (broad SMARTS) is 1. The highest BCUT2D eigenvalue weighted by Crippen LogP contribution is 2.40. The van der Waals surface area contributed by atoms with Gasteiger partial charge in [-0.1, -0.05) is 20.8 Å². The Kier molecular flexibility index (Phi) is 2.98. The van der Waals surface area contributed by atoms with Crippen molar-refractivity contribution in [2.75, 3.05) is 0 Å². The largest absolute Gasteiger partial charge is 0.481 e. The molecule has 3 heteroatoms. The lowest BCUT2D eigenvalue weighted by atomic mass is 9.66. The summed E-state index contributed by atoms with van der Waals surface area (Å²) in [6.45, 7) is 6.02. The summed E-state index contributed by atoms with van der Waals surface area (Å²) >= 11 is 0. The summed E-state index contributed by atoms with van der Waals surface area (Å²) in [6.07, 6.45) is 2.13. The fraction of sp³-hybridized carbons (Fsp3) is 0.818. The van der Waals surface area contributed by atoms with Crippen LogP contribution in [-0.2, 0) is 9.59 Å². The second kappa shape index (κ2) is 3.71. The molecule has 14 heavy (non-hydrogen) atoms. The van der Waals surface area contributed by atoms with Crippen LogP contribution in [0.5, 0.6) is 0 Å². The van der Waals surface area contributed by atoms with Crippen LogP contribution < -0.4 is 0 Å². The minimum atomic E-state index is -0.949. The van der Waals surface area contributed by atoms with Crippen molar-refractivity contribution >= 4 is 11.8 Å². The Labute approximate surface area is 84.5 Å². The number of carbonyl (C=O) groups is 2. The first kappa shape index (κ1) is 11.2. The molecule has 0 radical (unpaired) electrons. The van der Waals surface area contributed by atoms with E-state index >= 15 is 0 Å². The number of hydrogen-bond donors (Lipinski definition) is 1. The van der Waals surface area contributed by atoms with Crippen molar-refractivity contribution in [3.05, 3.63) is 0 Å². The number of hydrogen-bond acceptors (Lipinski definition) is 2. The first-order chi connectivity index (χ1) is 6.34. The molecule has 0 saturated heterocycles. The average molecular weight is 198 g/mol. The topological polar surface area (TPSA) is 54.4 Å². The molecule has 0 heterocycles. The van der Waals surface area contributed by atoms with Gasteiger partial charge in [-0.25, -0.2) is 0 Å². The van der Waals surface area contributed by atoms with E-state index < -0.39 is 11.9 Å². The fourth-order valence-corrected chi connectivity index (χ4v) is 2.29. The molecule has 1 aliphatic rings. The number of rotatable bonds is 1. The van der Waals surface area contributed by atoms with E-state index in [1.54, 1.807) is 0 Å². The predicted molar refractivity (Wildman–Crippen MR) is 52.9 cm³/mol. The molecule has 0 bridgehead atoms. The van der Waals surface area contributed by atoms with Crippen LogP contribution in [0.1, 0.15) is 40.0 Å². The number of carbonyl (C=O) groups excluding carboxylic acids is 1. The Balaban J connectivity index is 2.91. The van der Waals surface area contributed by atoms with Gasteiger partial charge in [0.05, 0.1) is 0 Å². The molecule has 2 atom stereocenters. The van der Waals surface area contributed by atoms with Crippen LogP contribution in [0, 0.1) is 17.3 Å². The van der Waals surface area contributed by atoms with Gasteiger partial charge in [0.25, 0.3) is 0 Å². The highest BCUT2D eigenvalue weighted by molar-refractivity contribution is 5.99. The highest BCUT2D eigenvalue weighted by Gasteiger charge is 2.42. The van der Waals surface area contributed by atoms with E-state index in [1.165, 1.54) is 0 Å². The summed E-state index contributed by atoms with van der Waals surface area (Å²) in [5.74, 6) is -1.83. The van der Waals surface area contributed by atoms with Gasteiger partial charge >= 0.3 is 5.97 Å². The van der Waals surface area contributed by atoms with Crippen LogP contribution in [0.2, 0.25) is 0 Å². The van der Waals surface area contributed by atoms with Crippen LogP contribution in [-0.4, -0.2) is 16.9 Å². The molecule has 1 aliphatic carbocycles.